The Morgan fingerprint density at radius 3 is 2.74 bits per heavy atom. The number of hydrogen-bond acceptors (Lipinski definition) is 3. The van der Waals surface area contributed by atoms with Gasteiger partial charge in [-0.25, -0.2) is 0 Å². The third-order valence-corrected chi connectivity index (χ3v) is 4.68. The van der Waals surface area contributed by atoms with Gasteiger partial charge in [0.25, 0.3) is 0 Å². The van der Waals surface area contributed by atoms with Crippen molar-refractivity contribution in [2.75, 3.05) is 13.1 Å². The summed E-state index contributed by atoms with van der Waals surface area (Å²) in [5, 5.41) is 2.94. The molecule has 23 heavy (non-hydrogen) atoms. The quantitative estimate of drug-likeness (QED) is 0.813. The highest BCUT2D eigenvalue weighted by Crippen LogP contribution is 2.18. The SMILES string of the molecule is CCCC(N)C(=O)NCc1cccc(CN2CCC(C)CC2)c1. The highest BCUT2D eigenvalue weighted by Gasteiger charge is 2.16. The largest absolute Gasteiger partial charge is 0.351 e. The summed E-state index contributed by atoms with van der Waals surface area (Å²) in [5.74, 6) is 0.808. The first-order valence-corrected chi connectivity index (χ1v) is 8.92. The summed E-state index contributed by atoms with van der Waals surface area (Å²) < 4.78 is 0. The summed E-state index contributed by atoms with van der Waals surface area (Å²) in [6.07, 6.45) is 4.26. The van der Waals surface area contributed by atoms with Crippen molar-refractivity contribution in [3.63, 3.8) is 0 Å². The molecular formula is C19H31N3O. The molecule has 0 bridgehead atoms. The van der Waals surface area contributed by atoms with Crippen LogP contribution in [0.4, 0.5) is 0 Å². The molecule has 1 aliphatic heterocycles. The predicted octanol–water partition coefficient (Wildman–Crippen LogP) is 2.66. The Bertz CT molecular complexity index is 495. The topological polar surface area (TPSA) is 58.4 Å². The zero-order valence-corrected chi connectivity index (χ0v) is 14.6. The number of nitrogens with two attached hydrogens (primary N) is 1. The average Bonchev–Trinajstić information content (AvgIpc) is 2.55. The highest BCUT2D eigenvalue weighted by atomic mass is 16.2. The Morgan fingerprint density at radius 2 is 2.04 bits per heavy atom. The van der Waals surface area contributed by atoms with Crippen LogP contribution in [0, 0.1) is 5.92 Å². The van der Waals surface area contributed by atoms with Crippen LogP contribution in [0.25, 0.3) is 0 Å². The molecule has 2 rings (SSSR count). The molecule has 0 saturated carbocycles. The standard InChI is InChI=1S/C19H31N3O/c1-3-5-18(20)19(23)21-13-16-6-4-7-17(12-16)14-22-10-8-15(2)9-11-22/h4,6-7,12,15,18H,3,5,8-11,13-14,20H2,1-2H3,(H,21,23). The molecule has 0 radical (unpaired) electrons. The lowest BCUT2D eigenvalue weighted by atomic mass is 9.98. The summed E-state index contributed by atoms with van der Waals surface area (Å²) >= 11 is 0. The molecule has 1 aromatic rings. The van der Waals surface area contributed by atoms with Crippen LogP contribution in [0.2, 0.25) is 0 Å². The molecule has 1 heterocycles. The number of piperidine rings is 1. The lowest BCUT2D eigenvalue weighted by Crippen LogP contribution is -2.40. The van der Waals surface area contributed by atoms with Gasteiger partial charge in [-0.15, -0.1) is 0 Å². The zero-order chi connectivity index (χ0) is 16.7. The van der Waals surface area contributed by atoms with E-state index in [1.165, 1.54) is 31.5 Å². The van der Waals surface area contributed by atoms with Crippen LogP contribution in [-0.2, 0) is 17.9 Å². The monoisotopic (exact) mass is 317 g/mol. The average molecular weight is 317 g/mol. The van der Waals surface area contributed by atoms with E-state index in [1.54, 1.807) is 0 Å². The van der Waals surface area contributed by atoms with E-state index in [0.29, 0.717) is 6.54 Å². The lowest BCUT2D eigenvalue weighted by Gasteiger charge is -2.30. The van der Waals surface area contributed by atoms with E-state index >= 15 is 0 Å². The number of nitrogens with zero attached hydrogens (tertiary/aromatic N) is 1. The van der Waals surface area contributed by atoms with Crippen molar-refractivity contribution in [3.8, 4) is 0 Å². The van der Waals surface area contributed by atoms with Gasteiger partial charge in [0.2, 0.25) is 5.91 Å². The van der Waals surface area contributed by atoms with Crippen molar-refractivity contribution in [2.24, 2.45) is 11.7 Å². The molecule has 1 aliphatic rings. The van der Waals surface area contributed by atoms with Crippen LogP contribution in [0.1, 0.15) is 50.7 Å². The molecule has 1 amide bonds. The summed E-state index contributed by atoms with van der Waals surface area (Å²) in [6, 6.07) is 8.12. The van der Waals surface area contributed by atoms with E-state index in [1.807, 2.05) is 6.92 Å². The van der Waals surface area contributed by atoms with E-state index in [-0.39, 0.29) is 5.91 Å². The molecule has 1 atom stereocenters. The minimum atomic E-state index is -0.390. The number of amides is 1. The van der Waals surface area contributed by atoms with Crippen molar-refractivity contribution in [2.45, 2.75) is 58.7 Å². The van der Waals surface area contributed by atoms with Gasteiger partial charge >= 0.3 is 0 Å². The number of hydrogen-bond donors (Lipinski definition) is 2. The first-order valence-electron chi connectivity index (χ1n) is 8.92. The van der Waals surface area contributed by atoms with Crippen LogP contribution in [-0.4, -0.2) is 29.9 Å². The molecule has 128 valence electrons. The van der Waals surface area contributed by atoms with Crippen molar-refractivity contribution in [1.82, 2.24) is 10.2 Å². The Labute approximate surface area is 140 Å². The van der Waals surface area contributed by atoms with Crippen LogP contribution in [0.5, 0.6) is 0 Å². The highest BCUT2D eigenvalue weighted by molar-refractivity contribution is 5.81. The van der Waals surface area contributed by atoms with Gasteiger partial charge in [0, 0.05) is 13.1 Å². The second-order valence-corrected chi connectivity index (χ2v) is 6.89. The Morgan fingerprint density at radius 1 is 1.35 bits per heavy atom. The predicted molar refractivity (Wildman–Crippen MR) is 94.8 cm³/mol. The van der Waals surface area contributed by atoms with Crippen LogP contribution < -0.4 is 11.1 Å². The molecule has 0 aliphatic carbocycles. The lowest BCUT2D eigenvalue weighted by molar-refractivity contribution is -0.122. The molecule has 4 heteroatoms. The number of rotatable bonds is 7. The maximum atomic E-state index is 11.9. The zero-order valence-electron chi connectivity index (χ0n) is 14.6. The van der Waals surface area contributed by atoms with Crippen LogP contribution in [0.15, 0.2) is 24.3 Å². The van der Waals surface area contributed by atoms with Gasteiger partial charge < -0.3 is 11.1 Å². The van der Waals surface area contributed by atoms with Gasteiger partial charge in [0.15, 0.2) is 0 Å². The normalized spacial score (nSPS) is 17.9. The van der Waals surface area contributed by atoms with Crippen LogP contribution >= 0.6 is 0 Å². The Kier molecular flexibility index (Phi) is 7.06. The van der Waals surface area contributed by atoms with E-state index in [0.717, 1.165) is 30.9 Å². The van der Waals surface area contributed by atoms with E-state index < -0.39 is 6.04 Å². The summed E-state index contributed by atoms with van der Waals surface area (Å²) in [4.78, 5) is 14.4. The maximum Gasteiger partial charge on any atom is 0.237 e. The minimum absolute atomic E-state index is 0.0535. The first kappa shape index (κ1) is 18.0. The summed E-state index contributed by atoms with van der Waals surface area (Å²) in [5.41, 5.74) is 8.30. The van der Waals surface area contributed by atoms with E-state index in [9.17, 15) is 4.79 Å². The Hall–Kier alpha value is -1.39. The molecule has 3 N–H and O–H groups in total. The first-order chi connectivity index (χ1) is 11.1. The molecule has 0 spiro atoms. The third kappa shape index (κ3) is 5.96. The molecule has 1 saturated heterocycles. The van der Waals surface area contributed by atoms with Crippen molar-refractivity contribution >= 4 is 5.91 Å². The van der Waals surface area contributed by atoms with Gasteiger partial charge in [-0.1, -0.05) is 44.5 Å². The van der Waals surface area contributed by atoms with Crippen molar-refractivity contribution in [1.29, 1.82) is 0 Å². The van der Waals surface area contributed by atoms with Crippen molar-refractivity contribution < 1.29 is 4.79 Å². The van der Waals surface area contributed by atoms with Gasteiger partial charge in [-0.3, -0.25) is 9.69 Å². The number of benzene rings is 1. The van der Waals surface area contributed by atoms with E-state index in [4.69, 9.17) is 5.73 Å². The molecule has 1 unspecified atom stereocenters. The Balaban J connectivity index is 1.83. The van der Waals surface area contributed by atoms with Gasteiger partial charge in [0.05, 0.1) is 6.04 Å². The maximum absolute atomic E-state index is 11.9. The fraction of sp³-hybridized carbons (Fsp3) is 0.632. The fourth-order valence-electron chi connectivity index (χ4n) is 3.08. The van der Waals surface area contributed by atoms with Gasteiger partial charge in [-0.05, 0) is 49.4 Å². The third-order valence-electron chi connectivity index (χ3n) is 4.68. The molecule has 1 fully saturated rings. The molecule has 0 aromatic heterocycles. The molecular weight excluding hydrogens is 286 g/mol. The second kappa shape index (κ2) is 9.04. The summed E-state index contributed by atoms with van der Waals surface area (Å²) in [6.45, 7) is 8.31. The fourth-order valence-corrected chi connectivity index (χ4v) is 3.08. The minimum Gasteiger partial charge on any atom is -0.351 e. The smallest absolute Gasteiger partial charge is 0.237 e. The second-order valence-electron chi connectivity index (χ2n) is 6.89. The van der Waals surface area contributed by atoms with Crippen molar-refractivity contribution in [3.05, 3.63) is 35.4 Å². The van der Waals surface area contributed by atoms with E-state index in [2.05, 4.69) is 41.4 Å². The number of nitrogens with one attached hydrogen (secondary N) is 1. The van der Waals surface area contributed by atoms with Crippen LogP contribution in [0.3, 0.4) is 0 Å². The van der Waals surface area contributed by atoms with Gasteiger partial charge in [0.1, 0.15) is 0 Å². The van der Waals surface area contributed by atoms with Gasteiger partial charge in [-0.2, -0.15) is 0 Å². The molecule has 4 nitrogen and oxygen atoms in total. The molecule has 1 aromatic carbocycles. The number of carbonyl (C=O) groups is 1. The number of likely N-dealkylation sites (tertiary alicyclic amines) is 1. The summed E-state index contributed by atoms with van der Waals surface area (Å²) in [7, 11) is 0. The number of carbonyl (C=O) groups excluding carboxylic acids is 1.